The maximum atomic E-state index is 11.8. The fraction of sp³-hybridized carbons (Fsp3) is 0.357. The van der Waals surface area contributed by atoms with E-state index in [9.17, 15) is 19.5 Å². The fourth-order valence-corrected chi connectivity index (χ4v) is 2.63. The number of hydrogen-bond donors (Lipinski definition) is 4. The summed E-state index contributed by atoms with van der Waals surface area (Å²) in [5.74, 6) is -2.16. The average Bonchev–Trinajstić information content (AvgIpc) is 2.46. The Balaban J connectivity index is 2.67. The Morgan fingerprint density at radius 1 is 1.35 bits per heavy atom. The van der Waals surface area contributed by atoms with Crippen LogP contribution in [0.3, 0.4) is 0 Å². The van der Waals surface area contributed by atoms with Gasteiger partial charge in [-0.15, -0.1) is 0 Å². The van der Waals surface area contributed by atoms with E-state index in [0.29, 0.717) is 5.75 Å². The molecule has 7 nitrogen and oxygen atoms in total. The van der Waals surface area contributed by atoms with Gasteiger partial charge in [-0.1, -0.05) is 11.6 Å². The van der Waals surface area contributed by atoms with Crippen molar-refractivity contribution in [2.24, 2.45) is 5.73 Å². The van der Waals surface area contributed by atoms with Gasteiger partial charge in [0.1, 0.15) is 0 Å². The molecule has 1 rings (SSSR count). The molecule has 0 spiro atoms. The van der Waals surface area contributed by atoms with Gasteiger partial charge in [-0.05, 0) is 31.4 Å². The number of amides is 3. The molecule has 1 aromatic rings. The van der Waals surface area contributed by atoms with Crippen molar-refractivity contribution < 1.29 is 19.5 Å². The topological polar surface area (TPSA) is 122 Å². The highest BCUT2D eigenvalue weighted by molar-refractivity contribution is 7.98. The number of benzene rings is 1. The van der Waals surface area contributed by atoms with E-state index in [1.54, 1.807) is 6.92 Å². The molecular formula is C14H18ClN3O4S. The molecule has 9 heteroatoms. The van der Waals surface area contributed by atoms with Crippen LogP contribution in [-0.2, 0) is 9.59 Å². The highest BCUT2D eigenvalue weighted by Gasteiger charge is 2.23. The zero-order valence-electron chi connectivity index (χ0n) is 12.7. The summed E-state index contributed by atoms with van der Waals surface area (Å²) < 4.78 is 0. The molecule has 0 saturated carbocycles. The van der Waals surface area contributed by atoms with Crippen molar-refractivity contribution in [2.45, 2.75) is 12.5 Å². The van der Waals surface area contributed by atoms with Crippen LogP contribution in [0.5, 0.6) is 0 Å². The van der Waals surface area contributed by atoms with Gasteiger partial charge < -0.3 is 21.5 Å². The van der Waals surface area contributed by atoms with E-state index < -0.39 is 23.3 Å². The Hall–Kier alpha value is -1.77. The first-order valence-corrected chi connectivity index (χ1v) is 8.33. The number of halogens is 1. The van der Waals surface area contributed by atoms with Crippen molar-refractivity contribution in [3.05, 3.63) is 28.8 Å². The van der Waals surface area contributed by atoms with Crippen LogP contribution in [0, 0.1) is 0 Å². The molecule has 0 aromatic heterocycles. The third kappa shape index (κ3) is 6.09. The number of primary amides is 1. The van der Waals surface area contributed by atoms with Crippen molar-refractivity contribution in [1.29, 1.82) is 0 Å². The van der Waals surface area contributed by atoms with Crippen LogP contribution >= 0.6 is 23.4 Å². The quantitative estimate of drug-likeness (QED) is 0.554. The van der Waals surface area contributed by atoms with E-state index in [0.717, 1.165) is 0 Å². The van der Waals surface area contributed by atoms with E-state index in [-0.39, 0.29) is 22.8 Å². The molecule has 1 aromatic carbocycles. The number of rotatable bonds is 6. The first-order chi connectivity index (χ1) is 10.7. The largest absolute Gasteiger partial charge is 0.387 e. The lowest BCUT2D eigenvalue weighted by molar-refractivity contribution is -0.136. The van der Waals surface area contributed by atoms with Crippen LogP contribution in [0.2, 0.25) is 5.02 Å². The van der Waals surface area contributed by atoms with E-state index in [1.165, 1.54) is 30.0 Å². The van der Waals surface area contributed by atoms with E-state index >= 15 is 0 Å². The number of aliphatic hydroxyl groups is 1. The Labute approximate surface area is 142 Å². The summed E-state index contributed by atoms with van der Waals surface area (Å²) in [4.78, 5) is 34.7. The van der Waals surface area contributed by atoms with Crippen LogP contribution in [0.4, 0.5) is 5.69 Å². The second-order valence-electron chi connectivity index (χ2n) is 5.13. The van der Waals surface area contributed by atoms with Gasteiger partial charge >= 0.3 is 11.8 Å². The predicted octanol–water partition coefficient (Wildman–Crippen LogP) is 0.608. The number of carbonyl (C=O) groups is 3. The van der Waals surface area contributed by atoms with Crippen LogP contribution in [0.1, 0.15) is 17.3 Å². The number of anilines is 1. The normalized spacial score (nSPS) is 13.0. The third-order valence-electron chi connectivity index (χ3n) is 2.78. The second kappa shape index (κ2) is 8.19. The molecule has 0 heterocycles. The lowest BCUT2D eigenvalue weighted by Crippen LogP contribution is -2.45. The van der Waals surface area contributed by atoms with Gasteiger partial charge in [-0.25, -0.2) is 0 Å². The molecule has 0 bridgehead atoms. The van der Waals surface area contributed by atoms with Crippen molar-refractivity contribution >= 4 is 46.8 Å². The van der Waals surface area contributed by atoms with Crippen LogP contribution in [0.15, 0.2) is 18.2 Å². The zero-order valence-corrected chi connectivity index (χ0v) is 14.3. The maximum Gasteiger partial charge on any atom is 0.313 e. The van der Waals surface area contributed by atoms with Crippen molar-refractivity contribution in [3.8, 4) is 0 Å². The molecule has 0 radical (unpaired) electrons. The number of thioether (sulfide) groups is 1. The first-order valence-electron chi connectivity index (χ1n) is 6.56. The molecule has 1 atom stereocenters. The van der Waals surface area contributed by atoms with Gasteiger partial charge in [0.15, 0.2) is 0 Å². The van der Waals surface area contributed by atoms with Gasteiger partial charge in [0.05, 0.1) is 16.2 Å². The number of nitrogens with two attached hydrogens (primary N) is 1. The van der Waals surface area contributed by atoms with Crippen LogP contribution < -0.4 is 16.4 Å². The van der Waals surface area contributed by atoms with Gasteiger partial charge in [0, 0.05) is 18.0 Å². The molecule has 126 valence electrons. The molecule has 23 heavy (non-hydrogen) atoms. The Morgan fingerprint density at radius 2 is 2.00 bits per heavy atom. The van der Waals surface area contributed by atoms with Crippen molar-refractivity contribution in [3.63, 3.8) is 0 Å². The smallest absolute Gasteiger partial charge is 0.313 e. The molecule has 0 aliphatic carbocycles. The average molecular weight is 360 g/mol. The standard InChI is InChI=1S/C14H18ClN3O4S/c1-14(22,7-23-2)6-17-12(20)13(21)18-8-3-4-10(15)9(5-8)11(16)19/h3-5,22H,6-7H2,1-2H3,(H2,16,19)(H,17,20)(H,18,21). The third-order valence-corrected chi connectivity index (χ3v) is 4.02. The fourth-order valence-electron chi connectivity index (χ4n) is 1.69. The van der Waals surface area contributed by atoms with Crippen molar-refractivity contribution in [2.75, 3.05) is 23.9 Å². The molecule has 3 amide bonds. The number of hydrogen-bond acceptors (Lipinski definition) is 5. The van der Waals surface area contributed by atoms with E-state index in [4.69, 9.17) is 17.3 Å². The monoisotopic (exact) mass is 359 g/mol. The first kappa shape index (κ1) is 19.3. The summed E-state index contributed by atoms with van der Waals surface area (Å²) in [5.41, 5.74) is 4.28. The molecule has 0 fully saturated rings. The zero-order chi connectivity index (χ0) is 17.6. The van der Waals surface area contributed by atoms with Gasteiger partial charge in [0.2, 0.25) is 5.91 Å². The van der Waals surface area contributed by atoms with E-state index in [1.807, 2.05) is 6.26 Å². The Kier molecular flexibility index (Phi) is 6.86. The molecule has 5 N–H and O–H groups in total. The molecule has 1 unspecified atom stereocenters. The maximum absolute atomic E-state index is 11.8. The summed E-state index contributed by atoms with van der Waals surface area (Å²) in [6.45, 7) is 1.49. The summed E-state index contributed by atoms with van der Waals surface area (Å²) in [7, 11) is 0. The van der Waals surface area contributed by atoms with E-state index in [2.05, 4.69) is 10.6 Å². The predicted molar refractivity (Wildman–Crippen MR) is 90.6 cm³/mol. The Bertz CT molecular complexity index is 622. The van der Waals surface area contributed by atoms with Gasteiger partial charge in [0.25, 0.3) is 0 Å². The molecule has 0 saturated heterocycles. The van der Waals surface area contributed by atoms with Crippen LogP contribution in [-0.4, -0.2) is 47.0 Å². The number of nitrogens with one attached hydrogen (secondary N) is 2. The SMILES string of the molecule is CSCC(C)(O)CNC(=O)C(=O)Nc1ccc(Cl)c(C(N)=O)c1. The molecule has 0 aliphatic heterocycles. The highest BCUT2D eigenvalue weighted by atomic mass is 35.5. The lowest BCUT2D eigenvalue weighted by Gasteiger charge is -2.22. The number of carbonyl (C=O) groups excluding carboxylic acids is 3. The second-order valence-corrected chi connectivity index (χ2v) is 6.40. The summed E-state index contributed by atoms with van der Waals surface area (Å²) in [5, 5.41) is 14.7. The Morgan fingerprint density at radius 3 is 2.57 bits per heavy atom. The highest BCUT2D eigenvalue weighted by Crippen LogP contribution is 2.20. The van der Waals surface area contributed by atoms with Crippen molar-refractivity contribution in [1.82, 2.24) is 5.32 Å². The minimum absolute atomic E-state index is 0.0350. The summed E-state index contributed by atoms with van der Waals surface area (Å²) >= 11 is 7.22. The summed E-state index contributed by atoms with van der Waals surface area (Å²) in [6, 6.07) is 4.10. The minimum Gasteiger partial charge on any atom is -0.387 e. The summed E-state index contributed by atoms with van der Waals surface area (Å²) in [6.07, 6.45) is 1.82. The van der Waals surface area contributed by atoms with Gasteiger partial charge in [-0.2, -0.15) is 11.8 Å². The van der Waals surface area contributed by atoms with Crippen LogP contribution in [0.25, 0.3) is 0 Å². The molecular weight excluding hydrogens is 342 g/mol. The van der Waals surface area contributed by atoms with Gasteiger partial charge in [-0.3, -0.25) is 14.4 Å². The lowest BCUT2D eigenvalue weighted by atomic mass is 10.1. The minimum atomic E-state index is -1.12. The molecule has 0 aliphatic rings.